The van der Waals surface area contributed by atoms with Crippen molar-refractivity contribution in [1.29, 1.82) is 0 Å². The number of esters is 1. The molecule has 2 rings (SSSR count). The van der Waals surface area contributed by atoms with E-state index in [1.54, 1.807) is 26.4 Å². The molecule has 0 unspecified atom stereocenters. The molecule has 0 aliphatic carbocycles. The van der Waals surface area contributed by atoms with Gasteiger partial charge in [0.1, 0.15) is 5.75 Å². The van der Waals surface area contributed by atoms with Crippen molar-refractivity contribution in [2.24, 2.45) is 0 Å². The number of methoxy groups -OCH3 is 2. The largest absolute Gasteiger partial charge is 0.493 e. The molecular formula is C17H17BrO4. The Morgan fingerprint density at radius 1 is 1.00 bits per heavy atom. The topological polar surface area (TPSA) is 44.8 Å². The molecule has 0 radical (unpaired) electrons. The molecular weight excluding hydrogens is 348 g/mol. The van der Waals surface area contributed by atoms with Crippen LogP contribution in [0.5, 0.6) is 17.2 Å². The molecule has 0 amide bonds. The smallest absolute Gasteiger partial charge is 0.311 e. The van der Waals surface area contributed by atoms with E-state index in [0.717, 1.165) is 10.0 Å². The van der Waals surface area contributed by atoms with Crippen molar-refractivity contribution in [1.82, 2.24) is 0 Å². The Bertz CT molecular complexity index is 638. The van der Waals surface area contributed by atoms with E-state index in [0.29, 0.717) is 30.1 Å². The van der Waals surface area contributed by atoms with Crippen molar-refractivity contribution in [3.8, 4) is 17.2 Å². The van der Waals surface area contributed by atoms with Crippen LogP contribution in [0.2, 0.25) is 0 Å². The van der Waals surface area contributed by atoms with E-state index in [4.69, 9.17) is 14.2 Å². The van der Waals surface area contributed by atoms with Crippen molar-refractivity contribution in [3.05, 3.63) is 52.5 Å². The Morgan fingerprint density at radius 3 is 2.32 bits per heavy atom. The molecule has 0 aliphatic rings. The lowest BCUT2D eigenvalue weighted by Gasteiger charge is -2.09. The molecule has 0 fully saturated rings. The molecule has 0 atom stereocenters. The van der Waals surface area contributed by atoms with Gasteiger partial charge in [0.25, 0.3) is 0 Å². The summed E-state index contributed by atoms with van der Waals surface area (Å²) in [6.45, 7) is 0. The highest BCUT2D eigenvalue weighted by atomic mass is 79.9. The highest BCUT2D eigenvalue weighted by Gasteiger charge is 2.08. The normalized spacial score (nSPS) is 10.1. The van der Waals surface area contributed by atoms with Gasteiger partial charge < -0.3 is 14.2 Å². The quantitative estimate of drug-likeness (QED) is 0.573. The summed E-state index contributed by atoms with van der Waals surface area (Å²) in [6.07, 6.45) is 0.876. The van der Waals surface area contributed by atoms with Crippen LogP contribution in [0.25, 0.3) is 0 Å². The van der Waals surface area contributed by atoms with Gasteiger partial charge in [0.05, 0.1) is 14.2 Å². The number of aryl methyl sites for hydroxylation is 1. The van der Waals surface area contributed by atoms with Gasteiger partial charge in [-0.25, -0.2) is 0 Å². The van der Waals surface area contributed by atoms with E-state index in [9.17, 15) is 4.79 Å². The Hall–Kier alpha value is -2.01. The molecule has 0 bridgehead atoms. The maximum Gasteiger partial charge on any atom is 0.311 e. The number of hydrogen-bond donors (Lipinski definition) is 0. The highest BCUT2D eigenvalue weighted by molar-refractivity contribution is 9.10. The van der Waals surface area contributed by atoms with Crippen LogP contribution in [-0.2, 0) is 11.2 Å². The third kappa shape index (κ3) is 4.49. The monoisotopic (exact) mass is 364 g/mol. The number of rotatable bonds is 6. The summed E-state index contributed by atoms with van der Waals surface area (Å²) in [5.41, 5.74) is 0.991. The van der Waals surface area contributed by atoms with E-state index in [1.807, 2.05) is 30.3 Å². The van der Waals surface area contributed by atoms with Crippen LogP contribution in [0.4, 0.5) is 0 Å². The van der Waals surface area contributed by atoms with Crippen molar-refractivity contribution >= 4 is 21.9 Å². The molecule has 4 nitrogen and oxygen atoms in total. The number of hydrogen-bond acceptors (Lipinski definition) is 4. The number of carbonyl (C=O) groups is 1. The van der Waals surface area contributed by atoms with Crippen LogP contribution in [-0.4, -0.2) is 20.2 Å². The van der Waals surface area contributed by atoms with Crippen LogP contribution in [0, 0.1) is 0 Å². The Kier molecular flexibility index (Phi) is 5.83. The summed E-state index contributed by atoms with van der Waals surface area (Å²) in [4.78, 5) is 11.9. The summed E-state index contributed by atoms with van der Waals surface area (Å²) in [5, 5.41) is 0. The van der Waals surface area contributed by atoms with Crippen LogP contribution in [0.3, 0.4) is 0 Å². The predicted octanol–water partition coefficient (Wildman–Crippen LogP) is 4.00. The summed E-state index contributed by atoms with van der Waals surface area (Å²) < 4.78 is 16.6. The van der Waals surface area contributed by atoms with Gasteiger partial charge in [-0.2, -0.15) is 0 Å². The van der Waals surface area contributed by atoms with Gasteiger partial charge in [0, 0.05) is 10.9 Å². The molecule has 0 spiro atoms. The van der Waals surface area contributed by atoms with E-state index < -0.39 is 0 Å². The number of ether oxygens (including phenoxy) is 3. The van der Waals surface area contributed by atoms with Gasteiger partial charge >= 0.3 is 5.97 Å². The van der Waals surface area contributed by atoms with Gasteiger partial charge in [-0.15, -0.1) is 0 Å². The zero-order chi connectivity index (χ0) is 15.9. The van der Waals surface area contributed by atoms with Crippen LogP contribution in [0.15, 0.2) is 46.9 Å². The molecule has 2 aromatic carbocycles. The standard InChI is InChI=1S/C17H17BrO4/c1-20-15-9-3-12(11-16(15)21-2)4-10-17(19)22-14-7-5-13(18)6-8-14/h3,5-9,11H,4,10H2,1-2H3. The lowest BCUT2D eigenvalue weighted by Crippen LogP contribution is -2.09. The summed E-state index contributed by atoms with van der Waals surface area (Å²) in [7, 11) is 3.18. The van der Waals surface area contributed by atoms with Gasteiger partial charge in [-0.05, 0) is 48.4 Å². The Balaban J connectivity index is 1.92. The minimum Gasteiger partial charge on any atom is -0.493 e. The fraction of sp³-hybridized carbons (Fsp3) is 0.235. The second-order valence-electron chi connectivity index (χ2n) is 4.62. The fourth-order valence-electron chi connectivity index (χ4n) is 1.97. The van der Waals surface area contributed by atoms with Crippen molar-refractivity contribution < 1.29 is 19.0 Å². The molecule has 5 heteroatoms. The summed E-state index contributed by atoms with van der Waals surface area (Å²) in [6, 6.07) is 12.8. The minimum absolute atomic E-state index is 0.267. The summed E-state index contributed by atoms with van der Waals surface area (Å²) in [5.74, 6) is 1.60. The summed E-state index contributed by atoms with van der Waals surface area (Å²) >= 11 is 3.34. The van der Waals surface area contributed by atoms with Crippen molar-refractivity contribution in [2.75, 3.05) is 14.2 Å². The van der Waals surface area contributed by atoms with Gasteiger partial charge in [-0.1, -0.05) is 22.0 Å². The molecule has 0 aliphatic heterocycles. The van der Waals surface area contributed by atoms with E-state index in [1.165, 1.54) is 0 Å². The van der Waals surface area contributed by atoms with E-state index >= 15 is 0 Å². The first kappa shape index (κ1) is 16.4. The Morgan fingerprint density at radius 2 is 1.68 bits per heavy atom. The molecule has 0 aromatic heterocycles. The first-order chi connectivity index (χ1) is 10.6. The zero-order valence-electron chi connectivity index (χ0n) is 12.5. The minimum atomic E-state index is -0.267. The van der Waals surface area contributed by atoms with Crippen molar-refractivity contribution in [3.63, 3.8) is 0 Å². The number of benzene rings is 2. The molecule has 116 valence electrons. The second kappa shape index (κ2) is 7.84. The van der Waals surface area contributed by atoms with Crippen LogP contribution >= 0.6 is 15.9 Å². The second-order valence-corrected chi connectivity index (χ2v) is 5.53. The van der Waals surface area contributed by atoms with Crippen LogP contribution in [0.1, 0.15) is 12.0 Å². The van der Waals surface area contributed by atoms with Gasteiger partial charge in [-0.3, -0.25) is 4.79 Å². The van der Waals surface area contributed by atoms with Gasteiger partial charge in [0.15, 0.2) is 11.5 Å². The lowest BCUT2D eigenvalue weighted by molar-refractivity contribution is -0.134. The maximum absolute atomic E-state index is 11.9. The average molecular weight is 365 g/mol. The third-order valence-corrected chi connectivity index (χ3v) is 3.64. The fourth-order valence-corrected chi connectivity index (χ4v) is 2.23. The first-order valence-corrected chi connectivity index (χ1v) is 7.59. The SMILES string of the molecule is COc1ccc(CCC(=O)Oc2ccc(Br)cc2)cc1OC. The van der Waals surface area contributed by atoms with Gasteiger partial charge in [0.2, 0.25) is 0 Å². The Labute approximate surface area is 138 Å². The van der Waals surface area contributed by atoms with Crippen molar-refractivity contribution in [2.45, 2.75) is 12.8 Å². The predicted molar refractivity (Wildman–Crippen MR) is 87.6 cm³/mol. The molecule has 0 saturated heterocycles. The maximum atomic E-state index is 11.9. The van der Waals surface area contributed by atoms with E-state index in [-0.39, 0.29) is 5.97 Å². The number of carbonyl (C=O) groups excluding carboxylic acids is 1. The first-order valence-electron chi connectivity index (χ1n) is 6.79. The van der Waals surface area contributed by atoms with Crippen LogP contribution < -0.4 is 14.2 Å². The molecule has 0 N–H and O–H groups in total. The average Bonchev–Trinajstić information content (AvgIpc) is 2.54. The third-order valence-electron chi connectivity index (χ3n) is 3.11. The van der Waals surface area contributed by atoms with E-state index in [2.05, 4.69) is 15.9 Å². The molecule has 0 saturated carbocycles. The zero-order valence-corrected chi connectivity index (χ0v) is 14.1. The molecule has 0 heterocycles. The molecule has 22 heavy (non-hydrogen) atoms. The number of halogens is 1. The molecule has 2 aromatic rings. The lowest BCUT2D eigenvalue weighted by atomic mass is 10.1. The highest BCUT2D eigenvalue weighted by Crippen LogP contribution is 2.28.